The number of aromatic nitrogens is 2. The maximum absolute atomic E-state index is 11.6. The van der Waals surface area contributed by atoms with Crippen molar-refractivity contribution in [3.8, 4) is 5.88 Å². The first-order chi connectivity index (χ1) is 17.0. The van der Waals surface area contributed by atoms with Crippen molar-refractivity contribution < 1.29 is 24.5 Å². The maximum atomic E-state index is 11.6. The molecule has 35 heavy (non-hydrogen) atoms. The number of nitrogens with one attached hydrogen (secondary N) is 2. The molecule has 0 spiro atoms. The summed E-state index contributed by atoms with van der Waals surface area (Å²) in [7, 11) is 1.54. The van der Waals surface area contributed by atoms with Crippen LogP contribution in [0, 0.1) is 0 Å². The Hall–Kier alpha value is -2.76. The fourth-order valence-electron chi connectivity index (χ4n) is 4.45. The van der Waals surface area contributed by atoms with E-state index in [0.29, 0.717) is 48.1 Å². The lowest BCUT2D eigenvalue weighted by molar-refractivity contribution is -0.114. The summed E-state index contributed by atoms with van der Waals surface area (Å²) in [5, 5.41) is 29.0. The number of fused-ring (bicyclic) bond motifs is 2. The first-order valence-electron chi connectivity index (χ1n) is 11.6. The number of nitrogens with zero attached hydrogens (tertiary/aromatic N) is 2. The number of hydrogen-bond donors (Lipinski definition) is 4. The van der Waals surface area contributed by atoms with Gasteiger partial charge in [0.15, 0.2) is 0 Å². The van der Waals surface area contributed by atoms with Crippen molar-refractivity contribution in [3.05, 3.63) is 53.7 Å². The van der Waals surface area contributed by atoms with Crippen molar-refractivity contribution in [1.82, 2.24) is 15.3 Å². The van der Waals surface area contributed by atoms with Crippen LogP contribution in [0.3, 0.4) is 0 Å². The van der Waals surface area contributed by atoms with Gasteiger partial charge in [-0.3, -0.25) is 4.79 Å². The average Bonchev–Trinajstić information content (AvgIpc) is 2.90. The minimum Gasteiger partial charge on any atom is -0.481 e. The molecule has 1 amide bonds. The predicted octanol–water partition coefficient (Wildman–Crippen LogP) is 2.41. The number of hydrogen-bond acceptors (Lipinski definition) is 9. The van der Waals surface area contributed by atoms with Gasteiger partial charge in [-0.25, -0.2) is 9.97 Å². The number of methoxy groups -OCH3 is 1. The molecule has 4 heterocycles. The maximum Gasteiger partial charge on any atom is 0.235 e. The van der Waals surface area contributed by atoms with Gasteiger partial charge in [-0.2, -0.15) is 0 Å². The molecule has 4 atom stereocenters. The van der Waals surface area contributed by atoms with Gasteiger partial charge in [-0.15, -0.1) is 11.8 Å². The number of aliphatic hydroxyl groups excluding tert-OH is 2. The highest BCUT2D eigenvalue weighted by molar-refractivity contribution is 8.00. The van der Waals surface area contributed by atoms with E-state index in [1.54, 1.807) is 19.2 Å². The molecule has 1 aromatic carbocycles. The van der Waals surface area contributed by atoms with E-state index >= 15 is 0 Å². The second kappa shape index (κ2) is 10.5. The third-order valence-electron chi connectivity index (χ3n) is 6.37. The van der Waals surface area contributed by atoms with E-state index in [1.165, 1.54) is 11.8 Å². The van der Waals surface area contributed by atoms with Crippen LogP contribution in [0.15, 0.2) is 47.4 Å². The second-order valence-corrected chi connectivity index (χ2v) is 9.74. The summed E-state index contributed by atoms with van der Waals surface area (Å²) in [6.45, 7) is 0.953. The van der Waals surface area contributed by atoms with Gasteiger partial charge in [0.25, 0.3) is 0 Å². The van der Waals surface area contributed by atoms with E-state index in [-0.39, 0.29) is 11.9 Å². The number of pyridine rings is 2. The highest BCUT2D eigenvalue weighted by atomic mass is 32.2. The smallest absolute Gasteiger partial charge is 0.235 e. The molecule has 0 aliphatic carbocycles. The SMILES string of the molecule is COc1ccc2cccc([C@@H](O)[C@H](O)[C@@H]3CC[C@@H](NCc4ccc5c(n4)NC(=O)CS5)CO3)c2n1. The van der Waals surface area contributed by atoms with E-state index in [9.17, 15) is 15.0 Å². The van der Waals surface area contributed by atoms with Crippen molar-refractivity contribution in [2.45, 2.75) is 48.6 Å². The number of amides is 1. The van der Waals surface area contributed by atoms with Crippen LogP contribution in [0.1, 0.15) is 30.2 Å². The Morgan fingerprint density at radius 2 is 2.09 bits per heavy atom. The second-order valence-electron chi connectivity index (χ2n) is 8.72. The first kappa shape index (κ1) is 24.0. The van der Waals surface area contributed by atoms with E-state index in [4.69, 9.17) is 9.47 Å². The minimum atomic E-state index is -1.14. The number of carbonyl (C=O) groups excluding carboxylic acids is 1. The third kappa shape index (κ3) is 5.26. The number of ether oxygens (including phenoxy) is 2. The van der Waals surface area contributed by atoms with E-state index in [2.05, 4.69) is 20.6 Å². The average molecular weight is 497 g/mol. The summed E-state index contributed by atoms with van der Waals surface area (Å²) in [4.78, 5) is 21.6. The molecule has 2 aliphatic heterocycles. The number of thioether (sulfide) groups is 1. The molecule has 1 saturated heterocycles. The lowest BCUT2D eigenvalue weighted by Crippen LogP contribution is -2.45. The van der Waals surface area contributed by atoms with Gasteiger partial charge in [-0.1, -0.05) is 18.2 Å². The lowest BCUT2D eigenvalue weighted by atomic mass is 9.93. The van der Waals surface area contributed by atoms with Crippen molar-refractivity contribution in [2.75, 3.05) is 24.8 Å². The molecule has 4 N–H and O–H groups in total. The van der Waals surface area contributed by atoms with Crippen LogP contribution in [-0.2, 0) is 16.1 Å². The van der Waals surface area contributed by atoms with E-state index in [0.717, 1.165) is 22.4 Å². The number of aliphatic hydroxyl groups is 2. The zero-order valence-corrected chi connectivity index (χ0v) is 20.1. The number of anilines is 1. The van der Waals surface area contributed by atoms with Crippen molar-refractivity contribution in [3.63, 3.8) is 0 Å². The van der Waals surface area contributed by atoms with Gasteiger partial charge < -0.3 is 30.3 Å². The normalized spacial score (nSPS) is 21.7. The number of carbonyl (C=O) groups is 1. The molecule has 0 unspecified atom stereocenters. The van der Waals surface area contributed by atoms with Gasteiger partial charge in [0.2, 0.25) is 11.8 Å². The molecule has 10 heteroatoms. The van der Waals surface area contributed by atoms with Crippen LogP contribution in [0.2, 0.25) is 0 Å². The van der Waals surface area contributed by atoms with Crippen molar-refractivity contribution >= 4 is 34.4 Å². The Morgan fingerprint density at radius 3 is 2.89 bits per heavy atom. The van der Waals surface area contributed by atoms with Crippen LogP contribution in [-0.4, -0.2) is 63.8 Å². The van der Waals surface area contributed by atoms with Gasteiger partial charge >= 0.3 is 0 Å². The lowest BCUT2D eigenvalue weighted by Gasteiger charge is -2.34. The fraction of sp³-hybridized carbons (Fsp3) is 0.400. The molecule has 1 fully saturated rings. The standard InChI is InChI=1S/C25H28N4O5S/c1-33-21-10-5-14-3-2-4-17(22(14)29-21)23(31)24(32)18-8-6-16(12-34-18)26-11-15-7-9-19-25(27-15)28-20(30)13-35-19/h2-5,7,9-10,16,18,23-24,26,31-32H,6,8,11-13H2,1H3,(H,27,28,30)/t16-,18+,23-,24-/m1/s1. The molecule has 2 aliphatic rings. The Balaban J connectivity index is 1.17. The quantitative estimate of drug-likeness (QED) is 0.390. The summed E-state index contributed by atoms with van der Waals surface area (Å²) in [6.07, 6.45) is -1.33. The number of benzene rings is 1. The van der Waals surface area contributed by atoms with E-state index in [1.807, 2.05) is 30.3 Å². The van der Waals surface area contributed by atoms with Crippen LogP contribution in [0.5, 0.6) is 5.88 Å². The third-order valence-corrected chi connectivity index (χ3v) is 7.42. The highest BCUT2D eigenvalue weighted by Gasteiger charge is 2.33. The molecular weight excluding hydrogens is 468 g/mol. The first-order valence-corrected chi connectivity index (χ1v) is 12.6. The number of para-hydroxylation sites is 1. The molecule has 9 nitrogen and oxygen atoms in total. The Bertz CT molecular complexity index is 1220. The van der Waals surface area contributed by atoms with Gasteiger partial charge in [0.05, 0.1) is 41.7 Å². The molecule has 0 saturated carbocycles. The van der Waals surface area contributed by atoms with Crippen molar-refractivity contribution in [2.24, 2.45) is 0 Å². The zero-order chi connectivity index (χ0) is 24.4. The van der Waals surface area contributed by atoms with Crippen LogP contribution >= 0.6 is 11.8 Å². The molecular formula is C25H28N4O5S. The minimum absolute atomic E-state index is 0.0361. The van der Waals surface area contributed by atoms with Crippen LogP contribution < -0.4 is 15.4 Å². The molecule has 184 valence electrons. The molecule has 0 radical (unpaired) electrons. The molecule has 0 bridgehead atoms. The largest absolute Gasteiger partial charge is 0.481 e. The highest BCUT2D eigenvalue weighted by Crippen LogP contribution is 2.31. The summed E-state index contributed by atoms with van der Waals surface area (Å²) < 4.78 is 11.2. The summed E-state index contributed by atoms with van der Waals surface area (Å²) in [5.74, 6) is 1.44. The van der Waals surface area contributed by atoms with E-state index < -0.39 is 18.3 Å². The summed E-state index contributed by atoms with van der Waals surface area (Å²) >= 11 is 1.49. The zero-order valence-electron chi connectivity index (χ0n) is 19.3. The summed E-state index contributed by atoms with van der Waals surface area (Å²) in [5.41, 5.74) is 1.98. The van der Waals surface area contributed by atoms with Crippen LogP contribution in [0.25, 0.3) is 10.9 Å². The molecule has 2 aromatic heterocycles. The summed E-state index contributed by atoms with van der Waals surface area (Å²) in [6, 6.07) is 13.2. The molecule has 5 rings (SSSR count). The fourth-order valence-corrected chi connectivity index (χ4v) is 5.20. The predicted molar refractivity (Wildman–Crippen MR) is 132 cm³/mol. The Kier molecular flexibility index (Phi) is 7.17. The van der Waals surface area contributed by atoms with Crippen molar-refractivity contribution in [1.29, 1.82) is 0 Å². The van der Waals surface area contributed by atoms with Crippen LogP contribution in [0.4, 0.5) is 5.82 Å². The van der Waals surface area contributed by atoms with Gasteiger partial charge in [0.1, 0.15) is 18.0 Å². The topological polar surface area (TPSA) is 126 Å². The van der Waals surface area contributed by atoms with Gasteiger partial charge in [-0.05, 0) is 31.0 Å². The Morgan fingerprint density at radius 1 is 1.20 bits per heavy atom. The monoisotopic (exact) mass is 496 g/mol. The number of rotatable bonds is 7. The Labute approximate surface area is 207 Å². The molecule has 3 aromatic rings. The van der Waals surface area contributed by atoms with Gasteiger partial charge in [0, 0.05) is 29.6 Å².